The molecule has 1 fully saturated rings. The number of carbonyl (C=O) groups excluding carboxylic acids is 1. The van der Waals surface area contributed by atoms with Crippen LogP contribution >= 0.6 is 0 Å². The lowest BCUT2D eigenvalue weighted by Crippen LogP contribution is -2.31. The van der Waals surface area contributed by atoms with E-state index in [1.807, 2.05) is 36.1 Å². The van der Waals surface area contributed by atoms with E-state index in [4.69, 9.17) is 4.42 Å². The third-order valence-corrected chi connectivity index (χ3v) is 4.66. The van der Waals surface area contributed by atoms with Crippen molar-refractivity contribution in [2.75, 3.05) is 19.6 Å². The Morgan fingerprint density at radius 3 is 3.21 bits per heavy atom. The number of carbonyl (C=O) groups is 1. The van der Waals surface area contributed by atoms with Crippen molar-refractivity contribution in [2.45, 2.75) is 13.0 Å². The maximum atomic E-state index is 12.5. The average molecular weight is 327 g/mol. The van der Waals surface area contributed by atoms with Crippen molar-refractivity contribution in [1.29, 1.82) is 0 Å². The summed E-state index contributed by atoms with van der Waals surface area (Å²) in [5.74, 6) is 1.41. The van der Waals surface area contributed by atoms with Gasteiger partial charge in [0.05, 0.1) is 19.0 Å². The lowest BCUT2D eigenvalue weighted by Gasteiger charge is -2.14. The summed E-state index contributed by atoms with van der Waals surface area (Å²) in [6.45, 7) is 3.55. The van der Waals surface area contributed by atoms with Crippen molar-refractivity contribution in [1.82, 2.24) is 24.4 Å². The van der Waals surface area contributed by atoms with Crippen molar-refractivity contribution in [2.24, 2.45) is 13.0 Å². The molecule has 4 heterocycles. The van der Waals surface area contributed by atoms with Gasteiger partial charge in [0.15, 0.2) is 0 Å². The first-order valence-electron chi connectivity index (χ1n) is 8.22. The summed E-state index contributed by atoms with van der Waals surface area (Å²) < 4.78 is 9.02. The van der Waals surface area contributed by atoms with Crippen LogP contribution in [-0.2, 0) is 13.6 Å². The lowest BCUT2D eigenvalue weighted by atomic mass is 10.1. The number of imidazole rings is 1. The van der Waals surface area contributed by atoms with E-state index in [1.165, 1.54) is 0 Å². The van der Waals surface area contributed by atoms with E-state index in [-0.39, 0.29) is 5.91 Å². The molecule has 126 valence electrons. The summed E-state index contributed by atoms with van der Waals surface area (Å²) in [7, 11) is 1.91. The Balaban J connectivity index is 1.32. The second-order valence-electron chi connectivity index (χ2n) is 6.41. The van der Waals surface area contributed by atoms with Crippen LogP contribution < -0.4 is 5.32 Å². The number of furan rings is 1. The molecule has 24 heavy (non-hydrogen) atoms. The number of nitrogens with one attached hydrogen (secondary N) is 1. The van der Waals surface area contributed by atoms with Crippen LogP contribution in [0.2, 0.25) is 0 Å². The highest BCUT2D eigenvalue weighted by molar-refractivity contribution is 5.99. The number of likely N-dealkylation sites (tertiary alicyclic amines) is 1. The molecule has 4 rings (SSSR count). The van der Waals surface area contributed by atoms with Crippen LogP contribution in [0.4, 0.5) is 0 Å². The van der Waals surface area contributed by atoms with Crippen LogP contribution in [0, 0.1) is 5.92 Å². The molecule has 0 spiro atoms. The molecular weight excluding hydrogens is 306 g/mol. The Morgan fingerprint density at radius 1 is 1.46 bits per heavy atom. The highest BCUT2D eigenvalue weighted by atomic mass is 16.3. The van der Waals surface area contributed by atoms with Crippen molar-refractivity contribution < 1.29 is 9.21 Å². The standard InChI is InChI=1S/C17H21N5O2/c1-20-6-7-22-17(20)15(10-19-22)16(23)18-9-13-4-5-21(11-13)12-14-3-2-8-24-14/h2-3,6-8,10,13H,4-5,9,11-12H2,1H3,(H,18,23)/t13-/m0/s1. The molecule has 0 bridgehead atoms. The van der Waals surface area contributed by atoms with E-state index in [2.05, 4.69) is 15.3 Å². The molecule has 0 saturated carbocycles. The molecular formula is C17H21N5O2. The zero-order chi connectivity index (χ0) is 16.5. The Kier molecular flexibility index (Phi) is 3.86. The van der Waals surface area contributed by atoms with Crippen molar-refractivity contribution in [3.63, 3.8) is 0 Å². The van der Waals surface area contributed by atoms with Crippen molar-refractivity contribution >= 4 is 11.6 Å². The molecule has 1 saturated heterocycles. The monoisotopic (exact) mass is 327 g/mol. The zero-order valence-electron chi connectivity index (χ0n) is 13.7. The lowest BCUT2D eigenvalue weighted by molar-refractivity contribution is 0.0948. The van der Waals surface area contributed by atoms with Crippen LogP contribution in [-0.4, -0.2) is 44.6 Å². The smallest absolute Gasteiger partial charge is 0.256 e. The fourth-order valence-electron chi connectivity index (χ4n) is 3.39. The normalized spacial score (nSPS) is 18.5. The topological polar surface area (TPSA) is 67.7 Å². The molecule has 7 nitrogen and oxygen atoms in total. The third kappa shape index (κ3) is 2.82. The average Bonchev–Trinajstić information content (AvgIpc) is 3.33. The first-order valence-corrected chi connectivity index (χ1v) is 8.22. The van der Waals surface area contributed by atoms with Gasteiger partial charge in [-0.3, -0.25) is 9.69 Å². The Labute approximate surface area is 139 Å². The van der Waals surface area contributed by atoms with Crippen molar-refractivity contribution in [3.05, 3.63) is 48.3 Å². The molecule has 1 amide bonds. The minimum absolute atomic E-state index is 0.0590. The quantitative estimate of drug-likeness (QED) is 0.771. The molecule has 1 aliphatic heterocycles. The van der Waals surface area contributed by atoms with Crippen LogP contribution in [0.3, 0.4) is 0 Å². The molecule has 1 atom stereocenters. The number of aromatic nitrogens is 3. The van der Waals surface area contributed by atoms with E-state index < -0.39 is 0 Å². The SMILES string of the molecule is Cn1ccn2ncc(C(=O)NC[C@@H]3CCN(Cc4ccco4)C3)c12. The van der Waals surface area contributed by atoms with Gasteiger partial charge in [-0.05, 0) is 31.0 Å². The first-order chi connectivity index (χ1) is 11.7. The maximum Gasteiger partial charge on any atom is 0.256 e. The highest BCUT2D eigenvalue weighted by Crippen LogP contribution is 2.18. The predicted octanol–water partition coefficient (Wildman–Crippen LogP) is 1.52. The van der Waals surface area contributed by atoms with E-state index in [9.17, 15) is 4.79 Å². The number of rotatable bonds is 5. The predicted molar refractivity (Wildman–Crippen MR) is 88.6 cm³/mol. The number of fused-ring (bicyclic) bond motifs is 1. The Bertz CT molecular complexity index is 833. The van der Waals surface area contributed by atoms with Crippen LogP contribution in [0.1, 0.15) is 22.5 Å². The van der Waals surface area contributed by atoms with Gasteiger partial charge in [0, 0.05) is 32.5 Å². The zero-order valence-corrected chi connectivity index (χ0v) is 13.7. The molecule has 0 radical (unpaired) electrons. The van der Waals surface area contributed by atoms with Crippen molar-refractivity contribution in [3.8, 4) is 0 Å². The Morgan fingerprint density at radius 2 is 2.38 bits per heavy atom. The maximum absolute atomic E-state index is 12.5. The summed E-state index contributed by atoms with van der Waals surface area (Å²) in [5, 5.41) is 7.27. The van der Waals surface area contributed by atoms with Gasteiger partial charge in [0.25, 0.3) is 5.91 Å². The number of nitrogens with zero attached hydrogens (tertiary/aromatic N) is 4. The molecule has 3 aromatic rings. The summed E-state index contributed by atoms with van der Waals surface area (Å²) in [6.07, 6.45) is 8.16. The number of hydrogen-bond acceptors (Lipinski definition) is 4. The van der Waals surface area contributed by atoms with Gasteiger partial charge in [0.1, 0.15) is 17.0 Å². The van der Waals surface area contributed by atoms with Gasteiger partial charge < -0.3 is 14.3 Å². The largest absolute Gasteiger partial charge is 0.468 e. The summed E-state index contributed by atoms with van der Waals surface area (Å²) in [4.78, 5) is 14.8. The minimum Gasteiger partial charge on any atom is -0.468 e. The van der Waals surface area contributed by atoms with Crippen LogP contribution in [0.5, 0.6) is 0 Å². The first kappa shape index (κ1) is 15.0. The molecule has 7 heteroatoms. The Hall–Kier alpha value is -2.54. The molecule has 1 aliphatic rings. The van der Waals surface area contributed by atoms with Crippen LogP contribution in [0.15, 0.2) is 41.4 Å². The summed E-state index contributed by atoms with van der Waals surface area (Å²) in [6, 6.07) is 3.92. The van der Waals surface area contributed by atoms with Gasteiger partial charge in [-0.2, -0.15) is 5.10 Å². The second kappa shape index (κ2) is 6.16. The van der Waals surface area contributed by atoms with E-state index in [0.717, 1.165) is 37.5 Å². The van der Waals surface area contributed by atoms with Gasteiger partial charge in [-0.25, -0.2) is 4.52 Å². The number of amides is 1. The van der Waals surface area contributed by atoms with Gasteiger partial charge in [-0.1, -0.05) is 0 Å². The van der Waals surface area contributed by atoms with Gasteiger partial charge >= 0.3 is 0 Å². The second-order valence-corrected chi connectivity index (χ2v) is 6.41. The van der Waals surface area contributed by atoms with Gasteiger partial charge in [0.2, 0.25) is 0 Å². The molecule has 3 aromatic heterocycles. The number of aryl methyl sites for hydroxylation is 1. The molecule has 0 unspecified atom stereocenters. The highest BCUT2D eigenvalue weighted by Gasteiger charge is 2.24. The van der Waals surface area contributed by atoms with E-state index in [0.29, 0.717) is 18.0 Å². The van der Waals surface area contributed by atoms with E-state index >= 15 is 0 Å². The fraction of sp³-hybridized carbons (Fsp3) is 0.412. The minimum atomic E-state index is -0.0590. The number of hydrogen-bond donors (Lipinski definition) is 1. The van der Waals surface area contributed by atoms with E-state index in [1.54, 1.807) is 17.0 Å². The summed E-state index contributed by atoms with van der Waals surface area (Å²) >= 11 is 0. The van der Waals surface area contributed by atoms with Gasteiger partial charge in [-0.15, -0.1) is 0 Å². The summed E-state index contributed by atoms with van der Waals surface area (Å²) in [5.41, 5.74) is 1.44. The molecule has 1 N–H and O–H groups in total. The molecule has 0 aromatic carbocycles. The third-order valence-electron chi connectivity index (χ3n) is 4.66. The fourth-order valence-corrected chi connectivity index (χ4v) is 3.39. The molecule has 0 aliphatic carbocycles. The van der Waals surface area contributed by atoms with Crippen LogP contribution in [0.25, 0.3) is 5.65 Å².